The Hall–Kier alpha value is -1.14. The fourth-order valence-electron chi connectivity index (χ4n) is 1.73. The van der Waals surface area contributed by atoms with E-state index in [0.717, 1.165) is 19.4 Å². The number of primary amides is 1. The highest BCUT2D eigenvalue weighted by Crippen LogP contribution is 1.95. The summed E-state index contributed by atoms with van der Waals surface area (Å²) in [5, 5.41) is 9.27. The second-order valence-electron chi connectivity index (χ2n) is 4.48. The van der Waals surface area contributed by atoms with Gasteiger partial charge in [0.15, 0.2) is 0 Å². The molecule has 0 radical (unpaired) electrons. The van der Waals surface area contributed by atoms with E-state index >= 15 is 0 Å². The highest BCUT2D eigenvalue weighted by molar-refractivity contribution is 5.82. The van der Waals surface area contributed by atoms with Gasteiger partial charge in [0, 0.05) is 32.1 Å². The number of rotatable bonds is 6. The van der Waals surface area contributed by atoms with Crippen molar-refractivity contribution in [3.63, 3.8) is 0 Å². The Morgan fingerprint density at radius 1 is 1.29 bits per heavy atom. The van der Waals surface area contributed by atoms with Crippen LogP contribution in [0.4, 0.5) is 0 Å². The molecule has 5 N–H and O–H groups in total. The van der Waals surface area contributed by atoms with Gasteiger partial charge in [0.2, 0.25) is 11.8 Å². The summed E-state index contributed by atoms with van der Waals surface area (Å²) in [6, 6.07) is 0.261. The van der Waals surface area contributed by atoms with Crippen LogP contribution in [0, 0.1) is 0 Å². The first-order valence-corrected chi connectivity index (χ1v) is 6.12. The van der Waals surface area contributed by atoms with Crippen LogP contribution in [0.3, 0.4) is 0 Å². The molecule has 6 heteroatoms. The lowest BCUT2D eigenvalue weighted by molar-refractivity contribution is -0.123. The lowest BCUT2D eigenvalue weighted by Crippen LogP contribution is -2.58. The van der Waals surface area contributed by atoms with Crippen molar-refractivity contribution in [2.75, 3.05) is 19.6 Å². The standard InChI is InChI=1S/C11H22N4O2/c1-8-6-15-9(7-14-8)11(17)13-5-3-2-4-10(12)16/h8-9,14-15H,2-7H2,1H3,(H2,12,16)(H,13,17). The summed E-state index contributed by atoms with van der Waals surface area (Å²) < 4.78 is 0. The fourth-order valence-corrected chi connectivity index (χ4v) is 1.73. The van der Waals surface area contributed by atoms with E-state index in [1.807, 2.05) is 0 Å². The molecule has 2 unspecified atom stereocenters. The summed E-state index contributed by atoms with van der Waals surface area (Å²) in [6.45, 7) is 4.14. The number of nitrogens with one attached hydrogen (secondary N) is 3. The highest BCUT2D eigenvalue weighted by atomic mass is 16.2. The number of hydrogen-bond acceptors (Lipinski definition) is 4. The monoisotopic (exact) mass is 242 g/mol. The first-order chi connectivity index (χ1) is 8.09. The van der Waals surface area contributed by atoms with Crippen LogP contribution < -0.4 is 21.7 Å². The number of amides is 2. The Balaban J connectivity index is 2.06. The van der Waals surface area contributed by atoms with Crippen molar-refractivity contribution in [2.24, 2.45) is 5.73 Å². The molecular formula is C11H22N4O2. The Labute approximate surface area is 102 Å². The summed E-state index contributed by atoms with van der Waals surface area (Å²) >= 11 is 0. The van der Waals surface area contributed by atoms with Gasteiger partial charge < -0.3 is 21.7 Å². The molecule has 0 aromatic rings. The molecule has 2 amide bonds. The maximum atomic E-state index is 11.7. The van der Waals surface area contributed by atoms with E-state index in [9.17, 15) is 9.59 Å². The molecule has 17 heavy (non-hydrogen) atoms. The molecule has 0 saturated carbocycles. The van der Waals surface area contributed by atoms with Gasteiger partial charge in [-0.15, -0.1) is 0 Å². The molecule has 98 valence electrons. The van der Waals surface area contributed by atoms with Crippen molar-refractivity contribution in [3.05, 3.63) is 0 Å². The largest absolute Gasteiger partial charge is 0.370 e. The quantitative estimate of drug-likeness (QED) is 0.436. The molecular weight excluding hydrogens is 220 g/mol. The molecule has 0 spiro atoms. The number of carbonyl (C=O) groups is 2. The second-order valence-corrected chi connectivity index (χ2v) is 4.48. The Morgan fingerprint density at radius 2 is 2.06 bits per heavy atom. The minimum Gasteiger partial charge on any atom is -0.370 e. The predicted molar refractivity (Wildman–Crippen MR) is 65.3 cm³/mol. The number of unbranched alkanes of at least 4 members (excludes halogenated alkanes) is 1. The van der Waals surface area contributed by atoms with E-state index in [4.69, 9.17) is 5.73 Å². The molecule has 0 aliphatic carbocycles. The maximum absolute atomic E-state index is 11.7. The summed E-state index contributed by atoms with van der Waals surface area (Å²) in [6.07, 6.45) is 1.89. The minimum atomic E-state index is -0.288. The Kier molecular flexibility index (Phi) is 5.93. The van der Waals surface area contributed by atoms with E-state index in [1.165, 1.54) is 0 Å². The van der Waals surface area contributed by atoms with Crippen molar-refractivity contribution in [2.45, 2.75) is 38.3 Å². The van der Waals surface area contributed by atoms with Gasteiger partial charge in [0.1, 0.15) is 0 Å². The molecule has 0 aromatic heterocycles. The number of nitrogens with two attached hydrogens (primary N) is 1. The Morgan fingerprint density at radius 3 is 2.65 bits per heavy atom. The SMILES string of the molecule is CC1CNC(C(=O)NCCCCC(N)=O)CN1. The molecule has 1 aliphatic rings. The number of carbonyl (C=O) groups excluding carboxylic acids is 2. The van der Waals surface area contributed by atoms with E-state index in [0.29, 0.717) is 25.6 Å². The topological polar surface area (TPSA) is 96.2 Å². The smallest absolute Gasteiger partial charge is 0.238 e. The van der Waals surface area contributed by atoms with Gasteiger partial charge in [0.05, 0.1) is 6.04 Å². The van der Waals surface area contributed by atoms with E-state index in [-0.39, 0.29) is 17.9 Å². The predicted octanol–water partition coefficient (Wildman–Crippen LogP) is -1.29. The van der Waals surface area contributed by atoms with Gasteiger partial charge in [-0.2, -0.15) is 0 Å². The van der Waals surface area contributed by atoms with Crippen molar-refractivity contribution >= 4 is 11.8 Å². The van der Waals surface area contributed by atoms with Gasteiger partial charge >= 0.3 is 0 Å². The minimum absolute atomic E-state index is 0.0171. The van der Waals surface area contributed by atoms with Crippen molar-refractivity contribution in [1.82, 2.24) is 16.0 Å². The highest BCUT2D eigenvalue weighted by Gasteiger charge is 2.22. The normalized spacial score (nSPS) is 24.3. The summed E-state index contributed by atoms with van der Waals surface area (Å²) in [7, 11) is 0. The van der Waals surface area contributed by atoms with Crippen LogP contribution in [0.2, 0.25) is 0 Å². The molecule has 1 saturated heterocycles. The molecule has 1 aliphatic heterocycles. The third-order valence-electron chi connectivity index (χ3n) is 2.81. The Bertz CT molecular complexity index is 262. The van der Waals surface area contributed by atoms with E-state index < -0.39 is 0 Å². The van der Waals surface area contributed by atoms with Crippen LogP contribution in [0.1, 0.15) is 26.2 Å². The van der Waals surface area contributed by atoms with Crippen LogP contribution in [0.25, 0.3) is 0 Å². The molecule has 6 nitrogen and oxygen atoms in total. The van der Waals surface area contributed by atoms with Gasteiger partial charge in [-0.3, -0.25) is 9.59 Å². The summed E-state index contributed by atoms with van der Waals surface area (Å²) in [5.41, 5.74) is 5.02. The van der Waals surface area contributed by atoms with Crippen LogP contribution >= 0.6 is 0 Å². The fraction of sp³-hybridized carbons (Fsp3) is 0.818. The molecule has 2 atom stereocenters. The van der Waals surface area contributed by atoms with Gasteiger partial charge in [-0.05, 0) is 19.8 Å². The van der Waals surface area contributed by atoms with Crippen LogP contribution in [-0.2, 0) is 9.59 Å². The first-order valence-electron chi connectivity index (χ1n) is 6.12. The lowest BCUT2D eigenvalue weighted by atomic mass is 10.1. The summed E-state index contributed by atoms with van der Waals surface area (Å²) in [5.74, 6) is -0.271. The third-order valence-corrected chi connectivity index (χ3v) is 2.81. The van der Waals surface area contributed by atoms with Crippen molar-refractivity contribution < 1.29 is 9.59 Å². The maximum Gasteiger partial charge on any atom is 0.238 e. The van der Waals surface area contributed by atoms with Crippen LogP contribution in [-0.4, -0.2) is 43.5 Å². The third kappa shape index (κ3) is 5.65. The molecule has 1 heterocycles. The van der Waals surface area contributed by atoms with Gasteiger partial charge in [-0.25, -0.2) is 0 Å². The number of hydrogen-bond donors (Lipinski definition) is 4. The summed E-state index contributed by atoms with van der Waals surface area (Å²) in [4.78, 5) is 22.2. The van der Waals surface area contributed by atoms with Gasteiger partial charge in [-0.1, -0.05) is 0 Å². The van der Waals surface area contributed by atoms with Crippen LogP contribution in [0.5, 0.6) is 0 Å². The average Bonchev–Trinajstić information content (AvgIpc) is 2.29. The lowest BCUT2D eigenvalue weighted by Gasteiger charge is -2.28. The zero-order valence-corrected chi connectivity index (χ0v) is 10.3. The first kappa shape index (κ1) is 13.9. The van der Waals surface area contributed by atoms with Crippen molar-refractivity contribution in [1.29, 1.82) is 0 Å². The molecule has 1 rings (SSSR count). The van der Waals surface area contributed by atoms with E-state index in [1.54, 1.807) is 0 Å². The van der Waals surface area contributed by atoms with Crippen molar-refractivity contribution in [3.8, 4) is 0 Å². The zero-order valence-electron chi connectivity index (χ0n) is 10.3. The second kappa shape index (κ2) is 7.24. The molecule has 0 aromatic carbocycles. The molecule has 0 bridgehead atoms. The average molecular weight is 242 g/mol. The van der Waals surface area contributed by atoms with E-state index in [2.05, 4.69) is 22.9 Å². The van der Waals surface area contributed by atoms with Crippen LogP contribution in [0.15, 0.2) is 0 Å². The number of piperazine rings is 1. The van der Waals surface area contributed by atoms with Gasteiger partial charge in [0.25, 0.3) is 0 Å². The zero-order chi connectivity index (χ0) is 12.7. The molecule has 1 fully saturated rings.